The minimum atomic E-state index is -0.861. The number of phenols is 1. The van der Waals surface area contributed by atoms with E-state index >= 15 is 0 Å². The van der Waals surface area contributed by atoms with Gasteiger partial charge in [0, 0.05) is 24.5 Å². The first-order valence-corrected chi connectivity index (χ1v) is 11.7. The fraction of sp³-hybridized carbons (Fsp3) is 0.250. The quantitative estimate of drug-likeness (QED) is 0.197. The average Bonchev–Trinajstić information content (AvgIpc) is 3.12. The van der Waals surface area contributed by atoms with Gasteiger partial charge in [0.1, 0.15) is 17.3 Å². The van der Waals surface area contributed by atoms with Crippen molar-refractivity contribution in [3.05, 3.63) is 95.3 Å². The van der Waals surface area contributed by atoms with Gasteiger partial charge in [-0.25, -0.2) is 0 Å². The monoisotopic (exact) mass is 472 g/mol. The summed E-state index contributed by atoms with van der Waals surface area (Å²) in [4.78, 5) is 31.6. The highest BCUT2D eigenvalue weighted by Gasteiger charge is 2.46. The first-order valence-electron chi connectivity index (χ1n) is 11.7. The van der Waals surface area contributed by atoms with Crippen molar-refractivity contribution in [3.63, 3.8) is 0 Å². The number of amides is 1. The van der Waals surface area contributed by atoms with Crippen molar-refractivity contribution in [2.75, 3.05) is 6.61 Å². The summed E-state index contributed by atoms with van der Waals surface area (Å²) in [6, 6.07) is 15.8. The molecule has 2 heterocycles. The number of aromatic nitrogens is 1. The number of carbonyl (C=O) groups is 2. The number of hydrogen-bond donors (Lipinski definition) is 2. The Balaban J connectivity index is 1.70. The van der Waals surface area contributed by atoms with Crippen LogP contribution < -0.4 is 4.74 Å². The molecule has 0 radical (unpaired) electrons. The molecule has 1 aromatic heterocycles. The number of unbranched alkanes of at least 4 members (excludes halogenated alkanes) is 2. The molecular formula is C28H28N2O5. The molecule has 1 aliphatic heterocycles. The van der Waals surface area contributed by atoms with Crippen molar-refractivity contribution in [2.24, 2.45) is 0 Å². The van der Waals surface area contributed by atoms with Crippen LogP contribution in [0.4, 0.5) is 0 Å². The number of ketones is 1. The fourth-order valence-corrected chi connectivity index (χ4v) is 4.18. The molecular weight excluding hydrogens is 444 g/mol. The Hall–Kier alpha value is -4.13. The maximum Gasteiger partial charge on any atom is 0.295 e. The van der Waals surface area contributed by atoms with Crippen LogP contribution in [0, 0.1) is 0 Å². The standard InChI is InChI=1S/C28H28N2O5/c1-2-3-4-16-35-23-10-8-20(9-11-23)26(32)24-25(21-6-5-7-22(31)17-21)30(28(34)27(24)33)18-19-12-14-29-15-13-19/h5-15,17,25,31-32H,2-4,16,18H2,1H3/b26-24-. The molecule has 0 saturated carbocycles. The molecule has 1 fully saturated rings. The number of likely N-dealkylation sites (tertiary alicyclic amines) is 1. The first kappa shape index (κ1) is 24.0. The zero-order valence-corrected chi connectivity index (χ0v) is 19.6. The molecule has 1 saturated heterocycles. The lowest BCUT2D eigenvalue weighted by molar-refractivity contribution is -0.140. The molecule has 7 nitrogen and oxygen atoms in total. The van der Waals surface area contributed by atoms with Crippen molar-refractivity contribution in [3.8, 4) is 11.5 Å². The second-order valence-corrected chi connectivity index (χ2v) is 8.46. The molecule has 3 aromatic rings. The van der Waals surface area contributed by atoms with Gasteiger partial charge in [-0.05, 0) is 66.1 Å². The molecule has 0 bridgehead atoms. The van der Waals surface area contributed by atoms with E-state index < -0.39 is 17.7 Å². The molecule has 180 valence electrons. The van der Waals surface area contributed by atoms with Crippen LogP contribution in [0.15, 0.2) is 78.6 Å². The maximum atomic E-state index is 13.2. The molecule has 0 spiro atoms. The van der Waals surface area contributed by atoms with E-state index in [0.717, 1.165) is 24.8 Å². The summed E-state index contributed by atoms with van der Waals surface area (Å²) < 4.78 is 5.73. The van der Waals surface area contributed by atoms with E-state index in [9.17, 15) is 19.8 Å². The van der Waals surface area contributed by atoms with Crippen LogP contribution >= 0.6 is 0 Å². The third-order valence-electron chi connectivity index (χ3n) is 5.97. The normalized spacial score (nSPS) is 17.1. The number of hydrogen-bond acceptors (Lipinski definition) is 6. The number of aliphatic hydroxyl groups is 1. The zero-order valence-electron chi connectivity index (χ0n) is 19.6. The zero-order chi connectivity index (χ0) is 24.8. The maximum absolute atomic E-state index is 13.2. The highest BCUT2D eigenvalue weighted by molar-refractivity contribution is 6.46. The number of aromatic hydroxyl groups is 1. The van der Waals surface area contributed by atoms with E-state index in [-0.39, 0.29) is 23.6 Å². The van der Waals surface area contributed by atoms with Crippen LogP contribution in [0.2, 0.25) is 0 Å². The molecule has 1 aliphatic rings. The summed E-state index contributed by atoms with van der Waals surface area (Å²) in [5.74, 6) is -1.09. The molecule has 0 aliphatic carbocycles. The third kappa shape index (κ3) is 5.35. The van der Waals surface area contributed by atoms with Gasteiger partial charge in [0.05, 0.1) is 18.2 Å². The van der Waals surface area contributed by atoms with Gasteiger partial charge in [0.2, 0.25) is 0 Å². The largest absolute Gasteiger partial charge is 0.508 e. The van der Waals surface area contributed by atoms with Gasteiger partial charge < -0.3 is 19.8 Å². The van der Waals surface area contributed by atoms with Crippen molar-refractivity contribution in [1.29, 1.82) is 0 Å². The Morgan fingerprint density at radius 3 is 2.46 bits per heavy atom. The van der Waals surface area contributed by atoms with E-state index in [4.69, 9.17) is 4.74 Å². The second kappa shape index (κ2) is 10.9. The predicted molar refractivity (Wildman–Crippen MR) is 132 cm³/mol. The number of aliphatic hydroxyl groups excluding tert-OH is 1. The Morgan fingerprint density at radius 1 is 1.03 bits per heavy atom. The lowest BCUT2D eigenvalue weighted by Crippen LogP contribution is -2.29. The van der Waals surface area contributed by atoms with Crippen molar-refractivity contribution in [2.45, 2.75) is 38.8 Å². The lowest BCUT2D eigenvalue weighted by atomic mass is 9.95. The Bertz CT molecular complexity index is 1220. The number of ether oxygens (including phenoxy) is 1. The number of Topliss-reactive ketones (excluding diaryl/α,β-unsaturated/α-hetero) is 1. The first-order chi connectivity index (χ1) is 17.0. The van der Waals surface area contributed by atoms with E-state index in [1.807, 2.05) is 0 Å². The van der Waals surface area contributed by atoms with Gasteiger partial charge in [-0.3, -0.25) is 14.6 Å². The topological polar surface area (TPSA) is 100.0 Å². The lowest BCUT2D eigenvalue weighted by Gasteiger charge is -2.25. The summed E-state index contributed by atoms with van der Waals surface area (Å²) in [5, 5.41) is 21.3. The van der Waals surface area contributed by atoms with Gasteiger partial charge >= 0.3 is 0 Å². The van der Waals surface area contributed by atoms with E-state index in [2.05, 4.69) is 11.9 Å². The van der Waals surface area contributed by atoms with E-state index in [1.54, 1.807) is 60.9 Å². The Kier molecular flexibility index (Phi) is 7.45. The molecule has 4 rings (SSSR count). The predicted octanol–water partition coefficient (Wildman–Crippen LogP) is 4.98. The molecule has 1 unspecified atom stereocenters. The molecule has 2 aromatic carbocycles. The van der Waals surface area contributed by atoms with Gasteiger partial charge in [0.15, 0.2) is 0 Å². The van der Waals surface area contributed by atoms with E-state index in [1.165, 1.54) is 17.0 Å². The summed E-state index contributed by atoms with van der Waals surface area (Å²) in [5.41, 5.74) is 1.69. The van der Waals surface area contributed by atoms with Crippen LogP contribution in [-0.2, 0) is 16.1 Å². The van der Waals surface area contributed by atoms with Gasteiger partial charge in [-0.1, -0.05) is 31.9 Å². The summed E-state index contributed by atoms with van der Waals surface area (Å²) in [6.45, 7) is 2.88. The molecule has 1 atom stereocenters. The number of pyridine rings is 1. The van der Waals surface area contributed by atoms with Crippen LogP contribution in [0.3, 0.4) is 0 Å². The highest BCUT2D eigenvalue weighted by Crippen LogP contribution is 2.41. The van der Waals surface area contributed by atoms with E-state index in [0.29, 0.717) is 23.5 Å². The Morgan fingerprint density at radius 2 is 1.77 bits per heavy atom. The van der Waals surface area contributed by atoms with Crippen LogP contribution in [0.5, 0.6) is 11.5 Å². The fourth-order valence-electron chi connectivity index (χ4n) is 4.18. The minimum absolute atomic E-state index is 0.00146. The SMILES string of the molecule is CCCCCOc1ccc(/C(O)=C2/C(=O)C(=O)N(Cc3ccncc3)C2c2cccc(O)c2)cc1. The molecule has 1 amide bonds. The van der Waals surface area contributed by atoms with Gasteiger partial charge in [-0.2, -0.15) is 0 Å². The van der Waals surface area contributed by atoms with Crippen molar-refractivity contribution < 1.29 is 24.5 Å². The van der Waals surface area contributed by atoms with Crippen LogP contribution in [0.1, 0.15) is 48.9 Å². The number of phenolic OH excluding ortho intramolecular Hbond substituents is 1. The number of carbonyl (C=O) groups excluding carboxylic acids is 2. The summed E-state index contributed by atoms with van der Waals surface area (Å²) in [6.07, 6.45) is 6.38. The molecule has 7 heteroatoms. The summed E-state index contributed by atoms with van der Waals surface area (Å²) in [7, 11) is 0. The second-order valence-electron chi connectivity index (χ2n) is 8.46. The number of nitrogens with zero attached hydrogens (tertiary/aromatic N) is 2. The molecule has 2 N–H and O–H groups in total. The van der Waals surface area contributed by atoms with Crippen molar-refractivity contribution >= 4 is 17.4 Å². The number of rotatable bonds is 9. The van der Waals surface area contributed by atoms with Crippen molar-refractivity contribution in [1.82, 2.24) is 9.88 Å². The third-order valence-corrected chi connectivity index (χ3v) is 5.97. The Labute approximate surface area is 204 Å². The molecule has 35 heavy (non-hydrogen) atoms. The highest BCUT2D eigenvalue weighted by atomic mass is 16.5. The smallest absolute Gasteiger partial charge is 0.295 e. The van der Waals surface area contributed by atoms with Crippen LogP contribution in [-0.4, -0.2) is 38.4 Å². The van der Waals surface area contributed by atoms with Gasteiger partial charge in [-0.15, -0.1) is 0 Å². The minimum Gasteiger partial charge on any atom is -0.508 e. The summed E-state index contributed by atoms with van der Waals surface area (Å²) >= 11 is 0. The van der Waals surface area contributed by atoms with Crippen LogP contribution in [0.25, 0.3) is 5.76 Å². The number of benzene rings is 2. The average molecular weight is 473 g/mol. The van der Waals surface area contributed by atoms with Gasteiger partial charge in [0.25, 0.3) is 11.7 Å².